The monoisotopic (exact) mass is 393 g/mol. The maximum atomic E-state index is 13.1. The van der Waals surface area contributed by atoms with Crippen molar-refractivity contribution in [1.82, 2.24) is 9.55 Å². The summed E-state index contributed by atoms with van der Waals surface area (Å²) in [5.74, 6) is 0.542. The third kappa shape index (κ3) is 3.80. The average molecular weight is 394 g/mol. The van der Waals surface area contributed by atoms with Crippen molar-refractivity contribution >= 4 is 23.5 Å². The lowest BCUT2D eigenvalue weighted by molar-refractivity contribution is 0.892. The Hall–Kier alpha value is -2.49. The van der Waals surface area contributed by atoms with Gasteiger partial charge in [-0.2, -0.15) is 5.26 Å². The lowest BCUT2D eigenvalue weighted by Crippen LogP contribution is -2.25. The van der Waals surface area contributed by atoms with Gasteiger partial charge in [0.05, 0.1) is 5.69 Å². The normalized spacial score (nSPS) is 10.6. The molecule has 6 heteroatoms. The van der Waals surface area contributed by atoms with Crippen molar-refractivity contribution < 1.29 is 0 Å². The Bertz CT molecular complexity index is 1050. The summed E-state index contributed by atoms with van der Waals surface area (Å²) in [5.41, 5.74) is 2.46. The minimum Gasteiger partial charge on any atom is -0.267 e. The highest BCUT2D eigenvalue weighted by molar-refractivity contribution is 7.98. The Morgan fingerprint density at radius 1 is 1.04 bits per heavy atom. The quantitative estimate of drug-likeness (QED) is 0.461. The number of hydrogen-bond acceptors (Lipinski definition) is 5. The molecule has 0 saturated carbocycles. The van der Waals surface area contributed by atoms with E-state index < -0.39 is 0 Å². The lowest BCUT2D eigenvalue weighted by Gasteiger charge is -2.15. The fraction of sp³-hybridized carbons (Fsp3) is 0.190. The van der Waals surface area contributed by atoms with Crippen LogP contribution in [0.3, 0.4) is 0 Å². The van der Waals surface area contributed by atoms with Crippen LogP contribution in [0.4, 0.5) is 0 Å². The molecular weight excluding hydrogens is 374 g/mol. The first kappa shape index (κ1) is 19.3. The van der Waals surface area contributed by atoms with E-state index in [1.807, 2.05) is 67.1 Å². The largest absolute Gasteiger partial charge is 0.277 e. The molecule has 0 radical (unpaired) electrons. The van der Waals surface area contributed by atoms with Gasteiger partial charge in [0.15, 0.2) is 0 Å². The highest BCUT2D eigenvalue weighted by Crippen LogP contribution is 2.26. The van der Waals surface area contributed by atoms with Crippen molar-refractivity contribution in [2.75, 3.05) is 12.5 Å². The number of aromatic nitrogens is 2. The molecule has 1 heterocycles. The molecular formula is C21H19N3OS2. The van der Waals surface area contributed by atoms with Crippen molar-refractivity contribution in [3.63, 3.8) is 0 Å². The zero-order valence-electron chi connectivity index (χ0n) is 15.4. The second kappa shape index (κ2) is 8.47. The first-order valence-corrected chi connectivity index (χ1v) is 10.9. The Morgan fingerprint density at radius 3 is 2.22 bits per heavy atom. The van der Waals surface area contributed by atoms with Crippen molar-refractivity contribution in [2.45, 2.75) is 23.3 Å². The number of aryl methyl sites for hydroxylation is 1. The lowest BCUT2D eigenvalue weighted by atomic mass is 10.1. The molecule has 0 spiro atoms. The van der Waals surface area contributed by atoms with E-state index in [9.17, 15) is 10.1 Å². The highest BCUT2D eigenvalue weighted by atomic mass is 32.2. The van der Waals surface area contributed by atoms with E-state index in [1.54, 1.807) is 11.8 Å². The minimum absolute atomic E-state index is 0.0755. The Labute approximate surface area is 167 Å². The summed E-state index contributed by atoms with van der Waals surface area (Å²) < 4.78 is 1.53. The van der Waals surface area contributed by atoms with Crippen LogP contribution in [0.1, 0.15) is 18.1 Å². The van der Waals surface area contributed by atoms with Crippen LogP contribution in [0.2, 0.25) is 0 Å². The maximum absolute atomic E-state index is 13.1. The van der Waals surface area contributed by atoms with Gasteiger partial charge < -0.3 is 0 Å². The number of rotatable bonds is 5. The minimum atomic E-state index is -0.343. The van der Waals surface area contributed by atoms with E-state index in [0.29, 0.717) is 16.5 Å². The molecule has 27 heavy (non-hydrogen) atoms. The number of thioether (sulfide) groups is 2. The van der Waals surface area contributed by atoms with Gasteiger partial charge in [-0.15, -0.1) is 23.5 Å². The van der Waals surface area contributed by atoms with Crippen LogP contribution in [0.25, 0.3) is 17.1 Å². The number of benzene rings is 2. The number of nitriles is 1. The summed E-state index contributed by atoms with van der Waals surface area (Å²) in [4.78, 5) is 18.9. The van der Waals surface area contributed by atoms with Crippen LogP contribution >= 0.6 is 23.5 Å². The van der Waals surface area contributed by atoms with Crippen LogP contribution < -0.4 is 5.56 Å². The van der Waals surface area contributed by atoms with Gasteiger partial charge in [-0.25, -0.2) is 4.98 Å². The first-order valence-electron chi connectivity index (χ1n) is 8.47. The van der Waals surface area contributed by atoms with Crippen LogP contribution in [0, 0.1) is 11.3 Å². The van der Waals surface area contributed by atoms with Crippen LogP contribution in [-0.4, -0.2) is 22.1 Å². The molecule has 3 aromatic rings. The molecule has 0 fully saturated rings. The van der Waals surface area contributed by atoms with Crippen molar-refractivity contribution in [1.29, 1.82) is 5.26 Å². The van der Waals surface area contributed by atoms with Gasteiger partial charge in [0.2, 0.25) is 0 Å². The smallest absolute Gasteiger partial charge is 0.267 e. The van der Waals surface area contributed by atoms with E-state index in [0.717, 1.165) is 16.9 Å². The molecule has 0 atom stereocenters. The number of hydrogen-bond donors (Lipinski definition) is 0. The average Bonchev–Trinajstić information content (AvgIpc) is 2.73. The van der Waals surface area contributed by atoms with E-state index >= 15 is 0 Å². The fourth-order valence-corrected chi connectivity index (χ4v) is 3.72. The molecule has 0 unspecified atom stereocenters. The second-order valence-corrected chi connectivity index (χ2v) is 7.50. The fourth-order valence-electron chi connectivity index (χ4n) is 2.80. The molecule has 3 rings (SSSR count). The SMILES string of the molecule is CCc1ccc(-n2c(-c3ccc(SC)cc3)nc(SC)c(C#N)c2=O)cc1. The van der Waals surface area contributed by atoms with Gasteiger partial charge in [-0.05, 0) is 48.8 Å². The zero-order chi connectivity index (χ0) is 19.4. The molecule has 0 N–H and O–H groups in total. The van der Waals surface area contributed by atoms with Crippen LogP contribution in [0.15, 0.2) is 63.2 Å². The zero-order valence-corrected chi connectivity index (χ0v) is 17.0. The predicted octanol–water partition coefficient (Wildman–Crippen LogP) is 4.78. The van der Waals surface area contributed by atoms with Crippen molar-refractivity contribution in [3.05, 3.63) is 70.0 Å². The molecule has 4 nitrogen and oxygen atoms in total. The third-order valence-electron chi connectivity index (χ3n) is 4.31. The van der Waals surface area contributed by atoms with Gasteiger partial charge in [0.1, 0.15) is 22.5 Å². The van der Waals surface area contributed by atoms with Crippen LogP contribution in [-0.2, 0) is 6.42 Å². The molecule has 0 aliphatic rings. The topological polar surface area (TPSA) is 58.7 Å². The Kier molecular flexibility index (Phi) is 6.04. The Morgan fingerprint density at radius 2 is 1.70 bits per heavy atom. The standard InChI is InChI=1S/C21H19N3OS2/c1-4-14-5-9-16(10-6-14)24-19(15-7-11-17(26-2)12-8-15)23-20(27-3)18(13-22)21(24)25/h5-12H,4H2,1-3H3. The molecule has 1 aromatic heterocycles. The molecule has 0 aliphatic carbocycles. The molecule has 0 amide bonds. The summed E-state index contributed by atoms with van der Waals surface area (Å²) in [7, 11) is 0. The second-order valence-electron chi connectivity index (χ2n) is 5.82. The highest BCUT2D eigenvalue weighted by Gasteiger charge is 2.18. The van der Waals surface area contributed by atoms with Gasteiger partial charge >= 0.3 is 0 Å². The predicted molar refractivity (Wildman–Crippen MR) is 113 cm³/mol. The van der Waals surface area contributed by atoms with E-state index in [1.165, 1.54) is 21.9 Å². The van der Waals surface area contributed by atoms with E-state index in [4.69, 9.17) is 0 Å². The first-order chi connectivity index (χ1) is 13.1. The molecule has 0 saturated heterocycles. The summed E-state index contributed by atoms with van der Waals surface area (Å²) >= 11 is 2.97. The summed E-state index contributed by atoms with van der Waals surface area (Å²) in [6, 6.07) is 17.8. The van der Waals surface area contributed by atoms with Gasteiger partial charge in [0.25, 0.3) is 5.56 Å². The van der Waals surface area contributed by atoms with Gasteiger partial charge in [0, 0.05) is 10.5 Å². The summed E-state index contributed by atoms with van der Waals surface area (Å²) in [6.45, 7) is 2.09. The molecule has 2 aromatic carbocycles. The molecule has 0 bridgehead atoms. The van der Waals surface area contributed by atoms with Gasteiger partial charge in [-0.3, -0.25) is 9.36 Å². The molecule has 0 aliphatic heterocycles. The van der Waals surface area contributed by atoms with Crippen molar-refractivity contribution in [2.24, 2.45) is 0 Å². The van der Waals surface area contributed by atoms with E-state index in [-0.39, 0.29) is 11.1 Å². The number of nitrogens with zero attached hydrogens (tertiary/aromatic N) is 3. The van der Waals surface area contributed by atoms with Crippen LogP contribution in [0.5, 0.6) is 0 Å². The Balaban J connectivity index is 2.30. The molecule has 136 valence electrons. The van der Waals surface area contributed by atoms with Crippen molar-refractivity contribution in [3.8, 4) is 23.1 Å². The summed E-state index contributed by atoms with van der Waals surface area (Å²) in [6.07, 6.45) is 4.76. The maximum Gasteiger partial charge on any atom is 0.277 e. The van der Waals surface area contributed by atoms with E-state index in [2.05, 4.69) is 11.9 Å². The third-order valence-corrected chi connectivity index (χ3v) is 5.73. The van der Waals surface area contributed by atoms with Gasteiger partial charge in [-0.1, -0.05) is 31.2 Å². The summed E-state index contributed by atoms with van der Waals surface area (Å²) in [5, 5.41) is 9.95.